The molecule has 2 aliphatic rings. The molecule has 7 heteroatoms. The third kappa shape index (κ3) is 4.61. The van der Waals surface area contributed by atoms with Gasteiger partial charge in [-0.2, -0.15) is 0 Å². The van der Waals surface area contributed by atoms with Gasteiger partial charge in [-0.1, -0.05) is 18.2 Å². The lowest BCUT2D eigenvalue weighted by atomic mass is 10.2. The van der Waals surface area contributed by atoms with Gasteiger partial charge < -0.3 is 19.1 Å². The van der Waals surface area contributed by atoms with Crippen LogP contribution in [0, 0.1) is 0 Å². The zero-order valence-corrected chi connectivity index (χ0v) is 18.0. The second kappa shape index (κ2) is 8.79. The molecule has 6 nitrogen and oxygen atoms in total. The van der Waals surface area contributed by atoms with Gasteiger partial charge in [0, 0.05) is 48.2 Å². The fourth-order valence-electron chi connectivity index (χ4n) is 4.28. The summed E-state index contributed by atoms with van der Waals surface area (Å²) >= 11 is 1.57. The van der Waals surface area contributed by atoms with Crippen molar-refractivity contribution < 1.29 is 14.3 Å². The minimum absolute atomic E-state index is 0.0619. The maximum atomic E-state index is 12.9. The molecule has 2 fully saturated rings. The first-order chi connectivity index (χ1) is 14.0. The Bertz CT molecular complexity index is 881. The van der Waals surface area contributed by atoms with Crippen LogP contribution in [0.1, 0.15) is 26.7 Å². The van der Waals surface area contributed by atoms with E-state index in [-0.39, 0.29) is 24.0 Å². The maximum Gasteiger partial charge on any atom is 0.242 e. The van der Waals surface area contributed by atoms with Crippen LogP contribution in [0.15, 0.2) is 35.4 Å². The molecule has 3 heterocycles. The van der Waals surface area contributed by atoms with E-state index in [9.17, 15) is 9.59 Å². The van der Waals surface area contributed by atoms with Crippen LogP contribution in [0.5, 0.6) is 0 Å². The number of benzene rings is 1. The Morgan fingerprint density at radius 2 is 1.72 bits per heavy atom. The molecule has 29 heavy (non-hydrogen) atoms. The minimum atomic E-state index is 0.0619. The highest BCUT2D eigenvalue weighted by molar-refractivity contribution is 8.00. The molecule has 4 rings (SSSR count). The number of amides is 2. The Balaban J connectivity index is 1.48. The van der Waals surface area contributed by atoms with Crippen LogP contribution in [-0.4, -0.2) is 70.3 Å². The summed E-state index contributed by atoms with van der Waals surface area (Å²) in [7, 11) is 0. The highest BCUT2D eigenvalue weighted by Gasteiger charge is 2.26. The van der Waals surface area contributed by atoms with Crippen molar-refractivity contribution in [3.8, 4) is 0 Å². The molecule has 0 bridgehead atoms. The molecule has 156 valence electrons. The van der Waals surface area contributed by atoms with Gasteiger partial charge in [-0.05, 0) is 32.8 Å². The van der Waals surface area contributed by atoms with Crippen LogP contribution in [0.25, 0.3) is 10.9 Å². The lowest BCUT2D eigenvalue weighted by molar-refractivity contribution is -0.143. The fraction of sp³-hybridized carbons (Fsp3) is 0.545. The highest BCUT2D eigenvalue weighted by atomic mass is 32.2. The topological polar surface area (TPSA) is 54.8 Å². The molecule has 2 aliphatic heterocycles. The Morgan fingerprint density at radius 3 is 2.45 bits per heavy atom. The molecule has 0 aliphatic carbocycles. The number of hydrogen-bond donors (Lipinski definition) is 0. The first-order valence-corrected chi connectivity index (χ1v) is 11.4. The first-order valence-electron chi connectivity index (χ1n) is 10.4. The standard InChI is InChI=1S/C22H29N3O3S/c1-16-11-25(12-17(2)28-16)21(26)14-24-13-20(18-7-3-4-8-19(18)24)29-15-22(27)23-9-5-6-10-23/h3-4,7-8,13,16-17H,5-6,9-12,14-15H2,1-2H3/t16-,17-/m0/s1. The van der Waals surface area contributed by atoms with E-state index in [1.807, 2.05) is 52.6 Å². The van der Waals surface area contributed by atoms with Gasteiger partial charge in [0.1, 0.15) is 6.54 Å². The van der Waals surface area contributed by atoms with Gasteiger partial charge in [-0.15, -0.1) is 11.8 Å². The quantitative estimate of drug-likeness (QED) is 0.705. The molecule has 0 N–H and O–H groups in total. The number of nitrogens with zero attached hydrogens (tertiary/aromatic N) is 3. The van der Waals surface area contributed by atoms with Gasteiger partial charge in [-0.25, -0.2) is 0 Å². The summed E-state index contributed by atoms with van der Waals surface area (Å²) < 4.78 is 7.77. The van der Waals surface area contributed by atoms with Crippen molar-refractivity contribution in [3.63, 3.8) is 0 Å². The van der Waals surface area contributed by atoms with Gasteiger partial charge in [-0.3, -0.25) is 9.59 Å². The zero-order chi connectivity index (χ0) is 20.4. The van der Waals surface area contributed by atoms with E-state index < -0.39 is 0 Å². The van der Waals surface area contributed by atoms with Gasteiger partial charge in [0.2, 0.25) is 11.8 Å². The zero-order valence-electron chi connectivity index (χ0n) is 17.2. The molecule has 2 aromatic rings. The summed E-state index contributed by atoms with van der Waals surface area (Å²) in [5.41, 5.74) is 1.03. The van der Waals surface area contributed by atoms with Crippen molar-refractivity contribution in [2.24, 2.45) is 0 Å². The van der Waals surface area contributed by atoms with E-state index >= 15 is 0 Å². The largest absolute Gasteiger partial charge is 0.372 e. The van der Waals surface area contributed by atoms with Crippen molar-refractivity contribution >= 4 is 34.5 Å². The summed E-state index contributed by atoms with van der Waals surface area (Å²) in [6.45, 7) is 7.35. The molecule has 0 spiro atoms. The van der Waals surface area contributed by atoms with Crippen LogP contribution < -0.4 is 0 Å². The number of ether oxygens (including phenoxy) is 1. The monoisotopic (exact) mass is 415 g/mol. The van der Waals surface area contributed by atoms with Crippen molar-refractivity contribution in [1.82, 2.24) is 14.4 Å². The lowest BCUT2D eigenvalue weighted by Crippen LogP contribution is -2.49. The second-order valence-electron chi connectivity index (χ2n) is 8.07. The van der Waals surface area contributed by atoms with Crippen LogP contribution in [0.4, 0.5) is 0 Å². The van der Waals surface area contributed by atoms with Gasteiger partial charge >= 0.3 is 0 Å². The molecular weight excluding hydrogens is 386 g/mol. The SMILES string of the molecule is C[C@H]1CN(C(=O)Cn2cc(SCC(=O)N3CCCC3)c3ccccc32)C[C@H](C)O1. The van der Waals surface area contributed by atoms with Crippen molar-refractivity contribution in [2.45, 2.75) is 50.3 Å². The maximum absolute atomic E-state index is 12.9. The van der Waals surface area contributed by atoms with Crippen LogP contribution >= 0.6 is 11.8 Å². The minimum Gasteiger partial charge on any atom is -0.372 e. The highest BCUT2D eigenvalue weighted by Crippen LogP contribution is 2.30. The fourth-order valence-corrected chi connectivity index (χ4v) is 5.27. The predicted molar refractivity (Wildman–Crippen MR) is 115 cm³/mol. The van der Waals surface area contributed by atoms with Gasteiger partial charge in [0.05, 0.1) is 18.0 Å². The summed E-state index contributed by atoms with van der Waals surface area (Å²) in [5, 5.41) is 1.10. The van der Waals surface area contributed by atoms with Crippen molar-refractivity contribution in [1.29, 1.82) is 0 Å². The normalized spacial score (nSPS) is 22.4. The lowest BCUT2D eigenvalue weighted by Gasteiger charge is -2.35. The summed E-state index contributed by atoms with van der Waals surface area (Å²) in [5.74, 6) is 0.759. The number of rotatable bonds is 5. The Labute approximate surface area is 176 Å². The van der Waals surface area contributed by atoms with Crippen LogP contribution in [-0.2, 0) is 20.9 Å². The number of morpholine rings is 1. The molecule has 1 aromatic heterocycles. The van der Waals surface area contributed by atoms with E-state index in [4.69, 9.17) is 4.74 Å². The first kappa shape index (κ1) is 20.3. The number of carbonyl (C=O) groups excluding carboxylic acids is 2. The Morgan fingerprint density at radius 1 is 1.03 bits per heavy atom. The smallest absolute Gasteiger partial charge is 0.242 e. The molecule has 2 atom stereocenters. The Hall–Kier alpha value is -1.99. The Kier molecular flexibility index (Phi) is 6.15. The number of carbonyl (C=O) groups is 2. The van der Waals surface area contributed by atoms with Gasteiger partial charge in [0.15, 0.2) is 0 Å². The van der Waals surface area contributed by atoms with Crippen LogP contribution in [0.3, 0.4) is 0 Å². The van der Waals surface area contributed by atoms with Gasteiger partial charge in [0.25, 0.3) is 0 Å². The van der Waals surface area contributed by atoms with Crippen LogP contribution in [0.2, 0.25) is 0 Å². The summed E-state index contributed by atoms with van der Waals surface area (Å²) in [6, 6.07) is 8.11. The van der Waals surface area contributed by atoms with E-state index in [1.165, 1.54) is 0 Å². The third-order valence-corrected chi connectivity index (χ3v) is 6.67. The molecule has 2 saturated heterocycles. The molecule has 1 aromatic carbocycles. The average molecular weight is 416 g/mol. The third-order valence-electron chi connectivity index (χ3n) is 5.64. The number of hydrogen-bond acceptors (Lipinski definition) is 4. The number of fused-ring (bicyclic) bond motifs is 1. The number of thioether (sulfide) groups is 1. The molecule has 0 unspecified atom stereocenters. The van der Waals surface area contributed by atoms with Crippen molar-refractivity contribution in [2.75, 3.05) is 31.9 Å². The predicted octanol–water partition coefficient (Wildman–Crippen LogP) is 2.99. The molecule has 0 radical (unpaired) electrons. The van der Waals surface area contributed by atoms with Crippen molar-refractivity contribution in [3.05, 3.63) is 30.5 Å². The summed E-state index contributed by atoms with van der Waals surface area (Å²) in [4.78, 5) is 30.3. The second-order valence-corrected chi connectivity index (χ2v) is 9.09. The number of para-hydroxylation sites is 1. The van der Waals surface area contributed by atoms with E-state index in [2.05, 4.69) is 6.07 Å². The number of likely N-dealkylation sites (tertiary alicyclic amines) is 1. The molecular formula is C22H29N3O3S. The molecule has 0 saturated carbocycles. The van der Waals surface area contributed by atoms with E-state index in [0.29, 0.717) is 25.4 Å². The van der Waals surface area contributed by atoms with E-state index in [1.54, 1.807) is 11.8 Å². The number of aromatic nitrogens is 1. The summed E-state index contributed by atoms with van der Waals surface area (Å²) in [6.07, 6.45) is 4.36. The average Bonchev–Trinajstić information content (AvgIpc) is 3.34. The van der Waals surface area contributed by atoms with E-state index in [0.717, 1.165) is 41.7 Å². The molecule has 2 amide bonds.